The summed E-state index contributed by atoms with van der Waals surface area (Å²) in [7, 11) is 0. The van der Waals surface area contributed by atoms with Crippen molar-refractivity contribution in [2.75, 3.05) is 5.73 Å². The van der Waals surface area contributed by atoms with Crippen LogP contribution in [0.25, 0.3) is 0 Å². The maximum Gasteiger partial charge on any atom is 0.283 e. The zero-order chi connectivity index (χ0) is 10.1. The van der Waals surface area contributed by atoms with E-state index in [4.69, 9.17) is 10.2 Å². The number of aryl methyl sites for hydroxylation is 1. The zero-order valence-corrected chi connectivity index (χ0v) is 7.60. The summed E-state index contributed by atoms with van der Waals surface area (Å²) in [5.41, 5.74) is 6.74. The molecule has 5 heteroatoms. The number of anilines is 1. The van der Waals surface area contributed by atoms with Crippen LogP contribution in [0.15, 0.2) is 29.1 Å². The summed E-state index contributed by atoms with van der Waals surface area (Å²) >= 11 is 0. The van der Waals surface area contributed by atoms with Crippen LogP contribution >= 0.6 is 0 Å². The molecular weight excluding hydrogens is 182 g/mol. The van der Waals surface area contributed by atoms with E-state index in [1.807, 2.05) is 0 Å². The molecule has 0 amide bonds. The quantitative estimate of drug-likeness (QED) is 0.731. The normalized spacial score (nSPS) is 10.4. The monoisotopic (exact) mass is 191 g/mol. The van der Waals surface area contributed by atoms with Crippen LogP contribution in [0.4, 0.5) is 5.82 Å². The fraction of sp³-hybridized carbons (Fsp3) is 0.111. The van der Waals surface area contributed by atoms with Gasteiger partial charge in [-0.2, -0.15) is 9.78 Å². The Morgan fingerprint density at radius 2 is 2.43 bits per heavy atom. The van der Waals surface area contributed by atoms with Crippen LogP contribution in [0.3, 0.4) is 0 Å². The number of carbonyl (C=O) groups excluding carboxylic acids is 1. The fourth-order valence-corrected chi connectivity index (χ4v) is 1.19. The number of nitrogens with zero attached hydrogens (tertiary/aromatic N) is 2. The predicted molar refractivity (Wildman–Crippen MR) is 49.8 cm³/mol. The van der Waals surface area contributed by atoms with Crippen LogP contribution in [-0.4, -0.2) is 15.7 Å². The van der Waals surface area contributed by atoms with E-state index in [1.54, 1.807) is 19.1 Å². The fourth-order valence-electron chi connectivity index (χ4n) is 1.19. The number of carbonyl (C=O) groups is 1. The first-order chi connectivity index (χ1) is 6.68. The average Bonchev–Trinajstić information content (AvgIpc) is 2.73. The van der Waals surface area contributed by atoms with Crippen molar-refractivity contribution in [3.8, 4) is 0 Å². The SMILES string of the molecule is Cc1cc(N)n(C(=O)c2ccoc2)n1. The lowest BCUT2D eigenvalue weighted by molar-refractivity contribution is 0.0947. The smallest absolute Gasteiger partial charge is 0.283 e. The molecule has 5 nitrogen and oxygen atoms in total. The Bertz CT molecular complexity index is 456. The molecule has 14 heavy (non-hydrogen) atoms. The molecule has 0 unspecified atom stereocenters. The lowest BCUT2D eigenvalue weighted by atomic mass is 10.3. The maximum absolute atomic E-state index is 11.7. The molecule has 0 saturated heterocycles. The second-order valence-corrected chi connectivity index (χ2v) is 2.94. The molecule has 2 heterocycles. The Labute approximate surface area is 80.1 Å². The van der Waals surface area contributed by atoms with E-state index in [1.165, 1.54) is 12.5 Å². The molecule has 0 aliphatic rings. The highest BCUT2D eigenvalue weighted by atomic mass is 16.3. The van der Waals surface area contributed by atoms with Crippen LogP contribution in [-0.2, 0) is 0 Å². The molecule has 0 saturated carbocycles. The van der Waals surface area contributed by atoms with E-state index in [2.05, 4.69) is 5.10 Å². The minimum absolute atomic E-state index is 0.288. The van der Waals surface area contributed by atoms with E-state index >= 15 is 0 Å². The molecule has 0 aliphatic heterocycles. The van der Waals surface area contributed by atoms with Crippen LogP contribution in [0.1, 0.15) is 16.1 Å². The summed E-state index contributed by atoms with van der Waals surface area (Å²) in [5, 5.41) is 3.97. The highest BCUT2D eigenvalue weighted by Crippen LogP contribution is 2.09. The Balaban J connectivity index is 2.41. The van der Waals surface area contributed by atoms with E-state index in [-0.39, 0.29) is 5.91 Å². The first-order valence-corrected chi connectivity index (χ1v) is 4.07. The molecule has 0 aliphatic carbocycles. The summed E-state index contributed by atoms with van der Waals surface area (Å²) in [4.78, 5) is 11.7. The van der Waals surface area contributed by atoms with Gasteiger partial charge in [-0.05, 0) is 13.0 Å². The first kappa shape index (κ1) is 8.55. The topological polar surface area (TPSA) is 74.0 Å². The standard InChI is InChI=1S/C9H9N3O2/c1-6-4-8(10)12(11-6)9(13)7-2-3-14-5-7/h2-5H,10H2,1H3. The van der Waals surface area contributed by atoms with Crippen molar-refractivity contribution >= 4 is 11.7 Å². The summed E-state index contributed by atoms with van der Waals surface area (Å²) in [6.45, 7) is 1.77. The lowest BCUT2D eigenvalue weighted by Gasteiger charge is -1.98. The van der Waals surface area contributed by atoms with Crippen molar-refractivity contribution in [2.24, 2.45) is 0 Å². The van der Waals surface area contributed by atoms with Gasteiger partial charge in [0.25, 0.3) is 5.91 Å². The summed E-state index contributed by atoms with van der Waals surface area (Å²) in [5.74, 6) is 0.0399. The molecule has 2 aromatic heterocycles. The Hall–Kier alpha value is -2.04. The van der Waals surface area contributed by atoms with Crippen molar-refractivity contribution in [3.05, 3.63) is 35.9 Å². The van der Waals surface area contributed by atoms with Gasteiger partial charge in [0.2, 0.25) is 0 Å². The molecule has 0 radical (unpaired) electrons. The second kappa shape index (κ2) is 3.02. The Morgan fingerprint density at radius 3 is 2.93 bits per heavy atom. The van der Waals surface area contributed by atoms with Gasteiger partial charge in [-0.15, -0.1) is 0 Å². The minimum atomic E-state index is -0.288. The second-order valence-electron chi connectivity index (χ2n) is 2.94. The maximum atomic E-state index is 11.7. The van der Waals surface area contributed by atoms with Gasteiger partial charge in [-0.1, -0.05) is 0 Å². The summed E-state index contributed by atoms with van der Waals surface area (Å²) in [6, 6.07) is 3.21. The van der Waals surface area contributed by atoms with Crippen molar-refractivity contribution in [2.45, 2.75) is 6.92 Å². The number of nitrogens with two attached hydrogens (primary N) is 1. The largest absolute Gasteiger partial charge is 0.472 e. The molecular formula is C9H9N3O2. The van der Waals surface area contributed by atoms with Crippen molar-refractivity contribution in [1.82, 2.24) is 9.78 Å². The van der Waals surface area contributed by atoms with Gasteiger partial charge in [0, 0.05) is 6.07 Å². The van der Waals surface area contributed by atoms with Crippen LogP contribution in [0.5, 0.6) is 0 Å². The van der Waals surface area contributed by atoms with Gasteiger partial charge in [-0.3, -0.25) is 4.79 Å². The average molecular weight is 191 g/mol. The van der Waals surface area contributed by atoms with Gasteiger partial charge in [0.1, 0.15) is 12.1 Å². The van der Waals surface area contributed by atoms with E-state index in [0.717, 1.165) is 4.68 Å². The third-order valence-electron chi connectivity index (χ3n) is 1.82. The van der Waals surface area contributed by atoms with Crippen molar-refractivity contribution < 1.29 is 9.21 Å². The van der Waals surface area contributed by atoms with Gasteiger partial charge in [-0.25, -0.2) is 0 Å². The molecule has 0 atom stereocenters. The van der Waals surface area contributed by atoms with E-state index < -0.39 is 0 Å². The Morgan fingerprint density at radius 1 is 1.64 bits per heavy atom. The summed E-state index contributed by atoms with van der Waals surface area (Å²) in [6.07, 6.45) is 2.79. The van der Waals surface area contributed by atoms with Crippen LogP contribution < -0.4 is 5.73 Å². The molecule has 0 fully saturated rings. The first-order valence-electron chi connectivity index (χ1n) is 4.07. The molecule has 72 valence electrons. The van der Waals surface area contributed by atoms with Gasteiger partial charge in [0.05, 0.1) is 17.5 Å². The van der Waals surface area contributed by atoms with Crippen molar-refractivity contribution in [3.63, 3.8) is 0 Å². The van der Waals surface area contributed by atoms with Crippen LogP contribution in [0, 0.1) is 6.92 Å². The molecule has 2 N–H and O–H groups in total. The third kappa shape index (κ3) is 1.28. The number of hydrogen-bond acceptors (Lipinski definition) is 4. The zero-order valence-electron chi connectivity index (χ0n) is 7.60. The molecule has 0 aromatic carbocycles. The molecule has 0 bridgehead atoms. The van der Waals surface area contributed by atoms with Gasteiger partial charge < -0.3 is 10.2 Å². The molecule has 2 rings (SSSR count). The van der Waals surface area contributed by atoms with Gasteiger partial charge in [0.15, 0.2) is 0 Å². The number of rotatable bonds is 1. The number of aromatic nitrogens is 2. The molecule has 0 spiro atoms. The van der Waals surface area contributed by atoms with Gasteiger partial charge >= 0.3 is 0 Å². The summed E-state index contributed by atoms with van der Waals surface area (Å²) < 4.78 is 5.95. The number of nitrogen functional groups attached to an aromatic ring is 1. The number of hydrogen-bond donors (Lipinski definition) is 1. The van der Waals surface area contributed by atoms with Crippen molar-refractivity contribution in [1.29, 1.82) is 0 Å². The predicted octanol–water partition coefficient (Wildman–Crippen LogP) is 1.06. The lowest BCUT2D eigenvalue weighted by Crippen LogP contribution is -2.15. The number of furan rings is 1. The van der Waals surface area contributed by atoms with Crippen LogP contribution in [0.2, 0.25) is 0 Å². The Kier molecular flexibility index (Phi) is 1.85. The third-order valence-corrected chi connectivity index (χ3v) is 1.82. The highest BCUT2D eigenvalue weighted by Gasteiger charge is 2.13. The van der Waals surface area contributed by atoms with E-state index in [9.17, 15) is 4.79 Å². The highest BCUT2D eigenvalue weighted by molar-refractivity contribution is 5.96. The minimum Gasteiger partial charge on any atom is -0.472 e. The van der Waals surface area contributed by atoms with E-state index in [0.29, 0.717) is 17.1 Å². The molecule has 2 aromatic rings.